The summed E-state index contributed by atoms with van der Waals surface area (Å²) in [5, 5.41) is 3.26. The Bertz CT molecular complexity index is 556. The molecule has 0 saturated carbocycles. The van der Waals surface area contributed by atoms with E-state index in [0.29, 0.717) is 0 Å². The number of nitrogens with zero attached hydrogens (tertiary/aromatic N) is 1. The first-order valence-electron chi connectivity index (χ1n) is 6.25. The molecule has 0 aliphatic rings. The van der Waals surface area contributed by atoms with Crippen molar-refractivity contribution in [2.24, 2.45) is 5.73 Å². The molecular formula is C15H20N2S. The summed E-state index contributed by atoms with van der Waals surface area (Å²) in [6, 6.07) is 4.63. The first kappa shape index (κ1) is 13.2. The molecule has 96 valence electrons. The first-order chi connectivity index (χ1) is 8.47. The van der Waals surface area contributed by atoms with E-state index in [9.17, 15) is 0 Å². The number of thiazole rings is 1. The van der Waals surface area contributed by atoms with Crippen molar-refractivity contribution in [3.05, 3.63) is 39.2 Å². The van der Waals surface area contributed by atoms with Crippen molar-refractivity contribution in [2.75, 3.05) is 0 Å². The smallest absolute Gasteiger partial charge is 0.0947 e. The summed E-state index contributed by atoms with van der Waals surface area (Å²) in [5.41, 5.74) is 12.1. The molecule has 0 aliphatic heterocycles. The first-order valence-corrected chi connectivity index (χ1v) is 7.13. The standard InChI is InChI=1S/C15H20N2S/c1-9-5-11(3)13(6-10(9)2)14-8-18-15(17-14)7-12(4)16/h5-6,8,12H,7,16H2,1-4H3. The third kappa shape index (κ3) is 2.79. The number of aromatic nitrogens is 1. The predicted molar refractivity (Wildman–Crippen MR) is 79.1 cm³/mol. The lowest BCUT2D eigenvalue weighted by molar-refractivity contribution is 0.734. The second kappa shape index (κ2) is 5.21. The van der Waals surface area contributed by atoms with Crippen LogP contribution in [-0.2, 0) is 6.42 Å². The SMILES string of the molecule is Cc1cc(C)c(-c2csc(CC(C)N)n2)cc1C. The number of hydrogen-bond donors (Lipinski definition) is 1. The van der Waals surface area contributed by atoms with Gasteiger partial charge in [-0.15, -0.1) is 11.3 Å². The van der Waals surface area contributed by atoms with Gasteiger partial charge in [-0.2, -0.15) is 0 Å². The lowest BCUT2D eigenvalue weighted by Gasteiger charge is -2.07. The van der Waals surface area contributed by atoms with Gasteiger partial charge in [-0.25, -0.2) is 4.98 Å². The highest BCUT2D eigenvalue weighted by atomic mass is 32.1. The van der Waals surface area contributed by atoms with Gasteiger partial charge in [0.15, 0.2) is 0 Å². The molecule has 1 unspecified atom stereocenters. The van der Waals surface area contributed by atoms with Gasteiger partial charge in [0.05, 0.1) is 10.7 Å². The molecule has 3 heteroatoms. The summed E-state index contributed by atoms with van der Waals surface area (Å²) < 4.78 is 0. The van der Waals surface area contributed by atoms with Crippen LogP contribution in [0.25, 0.3) is 11.3 Å². The lowest BCUT2D eigenvalue weighted by atomic mass is 9.99. The molecule has 2 nitrogen and oxygen atoms in total. The molecule has 0 spiro atoms. The fourth-order valence-corrected chi connectivity index (χ4v) is 2.98. The highest BCUT2D eigenvalue weighted by Gasteiger charge is 2.09. The van der Waals surface area contributed by atoms with Crippen LogP contribution >= 0.6 is 11.3 Å². The van der Waals surface area contributed by atoms with Gasteiger partial charge < -0.3 is 5.73 Å². The molecule has 18 heavy (non-hydrogen) atoms. The zero-order chi connectivity index (χ0) is 13.3. The Labute approximate surface area is 113 Å². The molecule has 0 amide bonds. The van der Waals surface area contributed by atoms with Gasteiger partial charge >= 0.3 is 0 Å². The average Bonchev–Trinajstić information content (AvgIpc) is 2.70. The van der Waals surface area contributed by atoms with Crippen LogP contribution in [0.1, 0.15) is 28.6 Å². The Balaban J connectivity index is 2.37. The minimum Gasteiger partial charge on any atom is -0.328 e. The molecular weight excluding hydrogens is 240 g/mol. The van der Waals surface area contributed by atoms with Crippen LogP contribution in [-0.4, -0.2) is 11.0 Å². The molecule has 0 saturated heterocycles. The second-order valence-electron chi connectivity index (χ2n) is 5.06. The molecule has 1 atom stereocenters. The van der Waals surface area contributed by atoms with E-state index < -0.39 is 0 Å². The fraction of sp³-hybridized carbons (Fsp3) is 0.400. The van der Waals surface area contributed by atoms with Crippen molar-refractivity contribution >= 4 is 11.3 Å². The van der Waals surface area contributed by atoms with Crippen molar-refractivity contribution in [1.82, 2.24) is 4.98 Å². The van der Waals surface area contributed by atoms with Gasteiger partial charge in [-0.3, -0.25) is 0 Å². The van der Waals surface area contributed by atoms with Gasteiger partial charge in [0, 0.05) is 23.4 Å². The monoisotopic (exact) mass is 260 g/mol. The number of benzene rings is 1. The highest BCUT2D eigenvalue weighted by molar-refractivity contribution is 7.09. The second-order valence-corrected chi connectivity index (χ2v) is 6.00. The van der Waals surface area contributed by atoms with Crippen LogP contribution < -0.4 is 5.73 Å². The summed E-state index contributed by atoms with van der Waals surface area (Å²) in [5.74, 6) is 0. The van der Waals surface area contributed by atoms with Crippen LogP contribution in [0, 0.1) is 20.8 Å². The Morgan fingerprint density at radius 1 is 1.17 bits per heavy atom. The fourth-order valence-electron chi connectivity index (χ4n) is 2.04. The van der Waals surface area contributed by atoms with E-state index in [4.69, 9.17) is 10.7 Å². The molecule has 1 heterocycles. The van der Waals surface area contributed by atoms with E-state index in [0.717, 1.165) is 17.1 Å². The van der Waals surface area contributed by atoms with Crippen molar-refractivity contribution in [3.63, 3.8) is 0 Å². The van der Waals surface area contributed by atoms with Gasteiger partial charge in [0.2, 0.25) is 0 Å². The van der Waals surface area contributed by atoms with E-state index >= 15 is 0 Å². The number of nitrogens with two attached hydrogens (primary N) is 1. The largest absolute Gasteiger partial charge is 0.328 e. The Hall–Kier alpha value is -1.19. The third-order valence-corrected chi connectivity index (χ3v) is 4.04. The van der Waals surface area contributed by atoms with E-state index in [1.807, 2.05) is 6.92 Å². The van der Waals surface area contributed by atoms with Crippen molar-refractivity contribution in [3.8, 4) is 11.3 Å². The zero-order valence-corrected chi connectivity index (χ0v) is 12.3. The average molecular weight is 260 g/mol. The van der Waals surface area contributed by atoms with Crippen LogP contribution in [0.2, 0.25) is 0 Å². The van der Waals surface area contributed by atoms with Crippen LogP contribution in [0.3, 0.4) is 0 Å². The van der Waals surface area contributed by atoms with Crippen molar-refractivity contribution in [2.45, 2.75) is 40.2 Å². The van der Waals surface area contributed by atoms with E-state index in [1.165, 1.54) is 22.3 Å². The summed E-state index contributed by atoms with van der Waals surface area (Å²) in [6.45, 7) is 8.46. The molecule has 0 radical (unpaired) electrons. The number of aryl methyl sites for hydroxylation is 3. The third-order valence-electron chi connectivity index (χ3n) is 3.16. The van der Waals surface area contributed by atoms with Crippen LogP contribution in [0.5, 0.6) is 0 Å². The van der Waals surface area contributed by atoms with Gasteiger partial charge in [-0.05, 0) is 50.5 Å². The molecule has 0 aliphatic carbocycles. The summed E-state index contributed by atoms with van der Waals surface area (Å²) in [7, 11) is 0. The molecule has 1 aromatic heterocycles. The topological polar surface area (TPSA) is 38.9 Å². The van der Waals surface area contributed by atoms with Crippen LogP contribution in [0.15, 0.2) is 17.5 Å². The van der Waals surface area contributed by atoms with Gasteiger partial charge in [0.1, 0.15) is 0 Å². The van der Waals surface area contributed by atoms with Crippen molar-refractivity contribution < 1.29 is 0 Å². The zero-order valence-electron chi connectivity index (χ0n) is 11.4. The number of rotatable bonds is 3. The molecule has 2 N–H and O–H groups in total. The molecule has 0 fully saturated rings. The molecule has 0 bridgehead atoms. The molecule has 2 rings (SSSR count). The molecule has 2 aromatic rings. The van der Waals surface area contributed by atoms with Crippen molar-refractivity contribution in [1.29, 1.82) is 0 Å². The van der Waals surface area contributed by atoms with Gasteiger partial charge in [-0.1, -0.05) is 6.07 Å². The maximum absolute atomic E-state index is 5.81. The Kier molecular flexibility index (Phi) is 3.83. The molecule has 1 aromatic carbocycles. The van der Waals surface area contributed by atoms with E-state index in [-0.39, 0.29) is 6.04 Å². The Morgan fingerprint density at radius 3 is 2.50 bits per heavy atom. The lowest BCUT2D eigenvalue weighted by Crippen LogP contribution is -2.17. The Morgan fingerprint density at radius 2 is 1.83 bits per heavy atom. The summed E-state index contributed by atoms with van der Waals surface area (Å²) >= 11 is 1.70. The maximum atomic E-state index is 5.81. The highest BCUT2D eigenvalue weighted by Crippen LogP contribution is 2.27. The number of hydrogen-bond acceptors (Lipinski definition) is 3. The van der Waals surface area contributed by atoms with E-state index in [2.05, 4.69) is 38.3 Å². The minimum absolute atomic E-state index is 0.171. The van der Waals surface area contributed by atoms with Gasteiger partial charge in [0.25, 0.3) is 0 Å². The predicted octanol–water partition coefficient (Wildman–Crippen LogP) is 3.63. The maximum Gasteiger partial charge on any atom is 0.0947 e. The van der Waals surface area contributed by atoms with Crippen LogP contribution in [0.4, 0.5) is 0 Å². The minimum atomic E-state index is 0.171. The quantitative estimate of drug-likeness (QED) is 0.915. The normalized spacial score (nSPS) is 12.7. The van der Waals surface area contributed by atoms with E-state index in [1.54, 1.807) is 11.3 Å². The summed E-state index contributed by atoms with van der Waals surface area (Å²) in [4.78, 5) is 4.69. The summed E-state index contributed by atoms with van der Waals surface area (Å²) in [6.07, 6.45) is 0.856.